The molecule has 0 aliphatic carbocycles. The zero-order valence-electron chi connectivity index (χ0n) is 15.6. The third-order valence-electron chi connectivity index (χ3n) is 4.87. The predicted octanol–water partition coefficient (Wildman–Crippen LogP) is 3.36. The van der Waals surface area contributed by atoms with Gasteiger partial charge in [0, 0.05) is 30.2 Å². The molecule has 1 atom stereocenters. The van der Waals surface area contributed by atoms with Crippen molar-refractivity contribution < 1.29 is 14.5 Å². The molecule has 148 valence electrons. The molecule has 1 unspecified atom stereocenters. The number of hydrogen-bond acceptors (Lipinski definition) is 5. The lowest BCUT2D eigenvalue weighted by Gasteiger charge is -2.35. The van der Waals surface area contributed by atoms with Crippen LogP contribution in [0.4, 0.5) is 5.69 Å². The molecule has 1 heterocycles. The number of halogens is 1. The molecular formula is C20H22ClN3O4. The van der Waals surface area contributed by atoms with Crippen LogP contribution in [0.15, 0.2) is 42.5 Å². The van der Waals surface area contributed by atoms with Crippen LogP contribution in [0.3, 0.4) is 0 Å². The van der Waals surface area contributed by atoms with E-state index in [2.05, 4.69) is 10.2 Å². The van der Waals surface area contributed by atoms with Crippen LogP contribution in [0.5, 0.6) is 0 Å². The van der Waals surface area contributed by atoms with Crippen LogP contribution >= 0.6 is 11.6 Å². The Morgan fingerprint density at radius 3 is 2.64 bits per heavy atom. The number of benzene rings is 2. The molecule has 1 aliphatic rings. The summed E-state index contributed by atoms with van der Waals surface area (Å²) in [6, 6.07) is 12.1. The summed E-state index contributed by atoms with van der Waals surface area (Å²) < 4.78 is 5.43. The number of aryl methyl sites for hydroxylation is 1. The van der Waals surface area contributed by atoms with E-state index >= 15 is 0 Å². The van der Waals surface area contributed by atoms with Gasteiger partial charge in [0.15, 0.2) is 0 Å². The molecule has 2 aromatic rings. The molecule has 0 radical (unpaired) electrons. The third-order valence-corrected chi connectivity index (χ3v) is 5.22. The molecule has 1 fully saturated rings. The number of carbonyl (C=O) groups excluding carboxylic acids is 1. The number of hydrogen-bond donors (Lipinski definition) is 1. The van der Waals surface area contributed by atoms with Crippen molar-refractivity contribution in [1.82, 2.24) is 10.2 Å². The summed E-state index contributed by atoms with van der Waals surface area (Å²) >= 11 is 6.40. The maximum atomic E-state index is 12.7. The van der Waals surface area contributed by atoms with Gasteiger partial charge in [-0.2, -0.15) is 0 Å². The number of nitro groups is 1. The average Bonchev–Trinajstić information content (AvgIpc) is 2.69. The first-order chi connectivity index (χ1) is 13.5. The Balaban J connectivity index is 1.82. The van der Waals surface area contributed by atoms with Gasteiger partial charge in [-0.25, -0.2) is 0 Å². The van der Waals surface area contributed by atoms with Gasteiger partial charge >= 0.3 is 0 Å². The van der Waals surface area contributed by atoms with E-state index in [-0.39, 0.29) is 23.8 Å². The highest BCUT2D eigenvalue weighted by molar-refractivity contribution is 6.31. The Kier molecular flexibility index (Phi) is 6.61. The lowest BCUT2D eigenvalue weighted by Crippen LogP contribution is -2.44. The predicted molar refractivity (Wildman–Crippen MR) is 107 cm³/mol. The van der Waals surface area contributed by atoms with E-state index in [0.717, 1.165) is 18.7 Å². The van der Waals surface area contributed by atoms with E-state index in [0.29, 0.717) is 23.8 Å². The molecule has 0 bridgehead atoms. The first-order valence-electron chi connectivity index (χ1n) is 9.07. The van der Waals surface area contributed by atoms with Gasteiger partial charge in [0.05, 0.1) is 24.2 Å². The van der Waals surface area contributed by atoms with E-state index in [4.69, 9.17) is 16.3 Å². The fourth-order valence-corrected chi connectivity index (χ4v) is 3.70. The third kappa shape index (κ3) is 4.49. The molecule has 7 nitrogen and oxygen atoms in total. The molecule has 0 aromatic heterocycles. The van der Waals surface area contributed by atoms with Crippen molar-refractivity contribution in [2.24, 2.45) is 0 Å². The number of nitrogens with zero attached hydrogens (tertiary/aromatic N) is 2. The fraction of sp³-hybridized carbons (Fsp3) is 0.350. The Morgan fingerprint density at radius 1 is 1.25 bits per heavy atom. The Labute approximate surface area is 168 Å². The minimum Gasteiger partial charge on any atom is -0.379 e. The van der Waals surface area contributed by atoms with Crippen molar-refractivity contribution in [3.05, 3.63) is 74.3 Å². The van der Waals surface area contributed by atoms with Gasteiger partial charge in [-0.3, -0.25) is 19.8 Å². The second-order valence-corrected chi connectivity index (χ2v) is 7.03. The summed E-state index contributed by atoms with van der Waals surface area (Å²) in [6.07, 6.45) is 0. The van der Waals surface area contributed by atoms with Gasteiger partial charge < -0.3 is 10.1 Å². The van der Waals surface area contributed by atoms with Crippen molar-refractivity contribution in [3.8, 4) is 0 Å². The second kappa shape index (κ2) is 9.14. The molecule has 8 heteroatoms. The van der Waals surface area contributed by atoms with Crippen LogP contribution in [0.25, 0.3) is 0 Å². The number of rotatable bonds is 6. The largest absolute Gasteiger partial charge is 0.379 e. The standard InChI is InChI=1S/C20H22ClN3O4/c1-14-5-4-7-16(19(14)24(26)27)20(25)22-13-18(23-9-11-28-12-10-23)15-6-2-3-8-17(15)21/h2-8,18H,9-13H2,1H3,(H,22,25). The Hall–Kier alpha value is -2.48. The molecular weight excluding hydrogens is 382 g/mol. The van der Waals surface area contributed by atoms with E-state index in [1.54, 1.807) is 19.1 Å². The summed E-state index contributed by atoms with van der Waals surface area (Å²) in [6.45, 7) is 4.56. The number of para-hydroxylation sites is 1. The van der Waals surface area contributed by atoms with Crippen LogP contribution < -0.4 is 5.32 Å². The number of amides is 1. The Morgan fingerprint density at radius 2 is 1.96 bits per heavy atom. The number of morpholine rings is 1. The highest BCUT2D eigenvalue weighted by Crippen LogP contribution is 2.28. The molecule has 1 N–H and O–H groups in total. The topological polar surface area (TPSA) is 84.7 Å². The van der Waals surface area contributed by atoms with E-state index < -0.39 is 10.8 Å². The molecule has 0 spiro atoms. The average molecular weight is 404 g/mol. The number of nitro benzene ring substituents is 1. The van der Waals surface area contributed by atoms with Gasteiger partial charge in [0.1, 0.15) is 5.56 Å². The van der Waals surface area contributed by atoms with Gasteiger partial charge in [0.2, 0.25) is 0 Å². The molecule has 1 aliphatic heterocycles. The highest BCUT2D eigenvalue weighted by Gasteiger charge is 2.27. The van der Waals surface area contributed by atoms with Crippen molar-refractivity contribution >= 4 is 23.2 Å². The van der Waals surface area contributed by atoms with Crippen molar-refractivity contribution in [2.75, 3.05) is 32.8 Å². The summed E-state index contributed by atoms with van der Waals surface area (Å²) in [4.78, 5) is 25.8. The van der Waals surface area contributed by atoms with Gasteiger partial charge in [-0.15, -0.1) is 0 Å². The maximum Gasteiger partial charge on any atom is 0.285 e. The van der Waals surface area contributed by atoms with Crippen LogP contribution in [0.1, 0.15) is 27.5 Å². The van der Waals surface area contributed by atoms with Crippen molar-refractivity contribution in [2.45, 2.75) is 13.0 Å². The zero-order valence-corrected chi connectivity index (χ0v) is 16.3. The molecule has 2 aromatic carbocycles. The lowest BCUT2D eigenvalue weighted by molar-refractivity contribution is -0.385. The van der Waals surface area contributed by atoms with Crippen molar-refractivity contribution in [1.29, 1.82) is 0 Å². The van der Waals surface area contributed by atoms with E-state index in [1.807, 2.05) is 24.3 Å². The summed E-state index contributed by atoms with van der Waals surface area (Å²) in [5.74, 6) is -0.472. The first kappa shape index (κ1) is 20.3. The van der Waals surface area contributed by atoms with Crippen LogP contribution in [0, 0.1) is 17.0 Å². The number of nitrogens with one attached hydrogen (secondary N) is 1. The summed E-state index contributed by atoms with van der Waals surface area (Å²) in [5.41, 5.74) is 1.25. The van der Waals surface area contributed by atoms with Crippen LogP contribution in [-0.4, -0.2) is 48.6 Å². The number of carbonyl (C=O) groups is 1. The molecule has 28 heavy (non-hydrogen) atoms. The monoisotopic (exact) mass is 403 g/mol. The quantitative estimate of drug-likeness (QED) is 0.590. The number of ether oxygens (including phenoxy) is 1. The SMILES string of the molecule is Cc1cccc(C(=O)NCC(c2ccccc2Cl)N2CCOCC2)c1[N+](=O)[O-]. The Bertz CT molecular complexity index is 868. The summed E-state index contributed by atoms with van der Waals surface area (Å²) in [7, 11) is 0. The normalized spacial score (nSPS) is 15.8. The summed E-state index contributed by atoms with van der Waals surface area (Å²) in [5, 5.41) is 14.9. The maximum absolute atomic E-state index is 12.7. The highest BCUT2D eigenvalue weighted by atomic mass is 35.5. The minimum atomic E-state index is -0.516. The van der Waals surface area contributed by atoms with E-state index in [9.17, 15) is 14.9 Å². The molecule has 1 amide bonds. The van der Waals surface area contributed by atoms with Crippen molar-refractivity contribution in [3.63, 3.8) is 0 Å². The van der Waals surface area contributed by atoms with Gasteiger partial charge in [-0.1, -0.05) is 41.9 Å². The first-order valence-corrected chi connectivity index (χ1v) is 9.45. The van der Waals surface area contributed by atoms with E-state index in [1.165, 1.54) is 6.07 Å². The lowest BCUT2D eigenvalue weighted by atomic mass is 10.0. The molecule has 3 rings (SSSR count). The molecule has 1 saturated heterocycles. The fourth-order valence-electron chi connectivity index (χ4n) is 3.44. The smallest absolute Gasteiger partial charge is 0.285 e. The van der Waals surface area contributed by atoms with Crippen LogP contribution in [-0.2, 0) is 4.74 Å². The van der Waals surface area contributed by atoms with Crippen LogP contribution in [0.2, 0.25) is 5.02 Å². The van der Waals surface area contributed by atoms with Gasteiger partial charge in [-0.05, 0) is 24.6 Å². The van der Waals surface area contributed by atoms with Gasteiger partial charge in [0.25, 0.3) is 11.6 Å². The zero-order chi connectivity index (χ0) is 20.1. The minimum absolute atomic E-state index is 0.0601. The molecule has 0 saturated carbocycles. The second-order valence-electron chi connectivity index (χ2n) is 6.62.